The van der Waals surface area contributed by atoms with E-state index in [2.05, 4.69) is 31.3 Å². The Labute approximate surface area is 133 Å². The maximum absolute atomic E-state index is 12.5. The number of halogens is 3. The number of alkyl halides is 2. The lowest BCUT2D eigenvalue weighted by Crippen LogP contribution is -2.38. The highest BCUT2D eigenvalue weighted by molar-refractivity contribution is 9.10. The van der Waals surface area contributed by atoms with Crippen molar-refractivity contribution in [1.29, 1.82) is 0 Å². The van der Waals surface area contributed by atoms with Crippen molar-refractivity contribution in [1.82, 2.24) is 5.32 Å². The first-order valence-electron chi connectivity index (χ1n) is 6.45. The average molecular weight is 369 g/mol. The lowest BCUT2D eigenvalue weighted by atomic mass is 10.1. The van der Waals surface area contributed by atoms with Crippen LogP contribution in [0.25, 0.3) is 0 Å². The minimum Gasteiger partial charge on any atom is -0.434 e. The van der Waals surface area contributed by atoms with Crippen LogP contribution in [0.2, 0.25) is 0 Å². The average Bonchev–Trinajstić information content (AvgIpc) is 2.48. The van der Waals surface area contributed by atoms with Gasteiger partial charge in [-0.25, -0.2) is 0 Å². The molecule has 3 rings (SSSR count). The summed E-state index contributed by atoms with van der Waals surface area (Å²) in [5.41, 5.74) is 1.56. The van der Waals surface area contributed by atoms with E-state index < -0.39 is 12.8 Å². The molecule has 0 radical (unpaired) electrons. The number of carbonyl (C=O) groups excluding carboxylic acids is 1. The van der Waals surface area contributed by atoms with Gasteiger partial charge in [-0.15, -0.1) is 0 Å². The van der Waals surface area contributed by atoms with Crippen molar-refractivity contribution < 1.29 is 18.3 Å². The fraction of sp³-hybridized carbons (Fsp3) is 0.133. The predicted octanol–water partition coefficient (Wildman–Crippen LogP) is 3.90. The molecule has 114 valence electrons. The Hall–Kier alpha value is -2.15. The first-order valence-corrected chi connectivity index (χ1v) is 7.24. The van der Waals surface area contributed by atoms with Crippen molar-refractivity contribution in [2.75, 3.05) is 5.32 Å². The highest BCUT2D eigenvalue weighted by atomic mass is 79.9. The largest absolute Gasteiger partial charge is 0.434 e. The highest BCUT2D eigenvalue weighted by Crippen LogP contribution is 2.33. The third-order valence-corrected chi connectivity index (χ3v) is 3.74. The van der Waals surface area contributed by atoms with Crippen LogP contribution < -0.4 is 15.4 Å². The van der Waals surface area contributed by atoms with E-state index in [0.717, 1.165) is 0 Å². The Bertz CT molecular complexity index is 724. The van der Waals surface area contributed by atoms with Crippen LogP contribution in [0.5, 0.6) is 5.75 Å². The summed E-state index contributed by atoms with van der Waals surface area (Å²) < 4.78 is 30.3. The van der Waals surface area contributed by atoms with Crippen LogP contribution in [0.1, 0.15) is 22.1 Å². The Morgan fingerprint density at radius 1 is 1.14 bits per heavy atom. The number of amides is 1. The zero-order valence-corrected chi connectivity index (χ0v) is 12.7. The van der Waals surface area contributed by atoms with Crippen LogP contribution >= 0.6 is 15.9 Å². The molecule has 1 amide bonds. The predicted molar refractivity (Wildman–Crippen MR) is 81.0 cm³/mol. The van der Waals surface area contributed by atoms with Gasteiger partial charge in [0.1, 0.15) is 11.9 Å². The molecule has 0 aliphatic carbocycles. The molecule has 0 spiro atoms. The number of rotatable bonds is 3. The zero-order valence-electron chi connectivity index (χ0n) is 11.1. The normalized spacial score (nSPS) is 16.7. The molecular formula is C15H11BrF2N2O2. The van der Waals surface area contributed by atoms with Gasteiger partial charge in [0.05, 0.1) is 5.56 Å². The van der Waals surface area contributed by atoms with Crippen molar-refractivity contribution in [3.05, 3.63) is 58.1 Å². The summed E-state index contributed by atoms with van der Waals surface area (Å²) in [5.74, 6) is -0.266. The smallest absolute Gasteiger partial charge is 0.387 e. The van der Waals surface area contributed by atoms with Crippen LogP contribution in [0.4, 0.5) is 14.5 Å². The number of para-hydroxylation sites is 1. The molecule has 22 heavy (non-hydrogen) atoms. The zero-order chi connectivity index (χ0) is 15.7. The maximum Gasteiger partial charge on any atom is 0.387 e. The van der Waals surface area contributed by atoms with Gasteiger partial charge >= 0.3 is 6.61 Å². The Morgan fingerprint density at radius 2 is 1.91 bits per heavy atom. The number of ether oxygens (including phenoxy) is 1. The number of anilines is 1. The molecule has 0 aromatic heterocycles. The monoisotopic (exact) mass is 368 g/mol. The van der Waals surface area contributed by atoms with Gasteiger partial charge in [-0.05, 0) is 30.3 Å². The summed E-state index contributed by atoms with van der Waals surface area (Å²) in [4.78, 5) is 12.1. The lowest BCUT2D eigenvalue weighted by Gasteiger charge is -2.29. The molecule has 2 aromatic rings. The number of benzene rings is 2. The molecule has 1 heterocycles. The van der Waals surface area contributed by atoms with Gasteiger partial charge in [-0.1, -0.05) is 28.1 Å². The van der Waals surface area contributed by atoms with Gasteiger partial charge in [-0.2, -0.15) is 8.78 Å². The Morgan fingerprint density at radius 3 is 2.68 bits per heavy atom. The topological polar surface area (TPSA) is 50.4 Å². The fourth-order valence-corrected chi connectivity index (χ4v) is 2.69. The molecule has 2 aromatic carbocycles. The third-order valence-electron chi connectivity index (χ3n) is 3.25. The summed E-state index contributed by atoms with van der Waals surface area (Å²) in [6.45, 7) is -2.94. The summed E-state index contributed by atoms with van der Waals surface area (Å²) in [5, 5.41) is 5.84. The fourth-order valence-electron chi connectivity index (χ4n) is 2.31. The molecule has 4 nitrogen and oxygen atoms in total. The van der Waals surface area contributed by atoms with E-state index in [0.29, 0.717) is 21.3 Å². The van der Waals surface area contributed by atoms with Crippen molar-refractivity contribution >= 4 is 27.5 Å². The van der Waals surface area contributed by atoms with Crippen LogP contribution in [-0.4, -0.2) is 12.5 Å². The number of hydrogen-bond donors (Lipinski definition) is 2. The van der Waals surface area contributed by atoms with E-state index in [1.807, 2.05) is 0 Å². The second-order valence-electron chi connectivity index (χ2n) is 4.66. The molecule has 7 heteroatoms. The van der Waals surface area contributed by atoms with Crippen LogP contribution in [0, 0.1) is 0 Å². The SMILES string of the molecule is O=C1N[C@H](c2cc(Br)ccc2OC(F)F)Nc2ccccc21. The van der Waals surface area contributed by atoms with E-state index in [1.54, 1.807) is 36.4 Å². The molecule has 0 saturated heterocycles. The third kappa shape index (κ3) is 2.89. The van der Waals surface area contributed by atoms with Crippen LogP contribution in [0.15, 0.2) is 46.9 Å². The quantitative estimate of drug-likeness (QED) is 0.863. The highest BCUT2D eigenvalue weighted by Gasteiger charge is 2.27. The van der Waals surface area contributed by atoms with Crippen molar-refractivity contribution in [2.24, 2.45) is 0 Å². The van der Waals surface area contributed by atoms with Gasteiger partial charge in [0, 0.05) is 15.7 Å². The molecular weight excluding hydrogens is 358 g/mol. The minimum absolute atomic E-state index is 0.00961. The number of fused-ring (bicyclic) bond motifs is 1. The summed E-state index contributed by atoms with van der Waals surface area (Å²) in [6, 6.07) is 11.6. The van der Waals surface area contributed by atoms with E-state index in [4.69, 9.17) is 0 Å². The van der Waals surface area contributed by atoms with Crippen molar-refractivity contribution in [3.8, 4) is 5.75 Å². The molecule has 1 atom stereocenters. The second-order valence-corrected chi connectivity index (χ2v) is 5.57. The van der Waals surface area contributed by atoms with Gasteiger partial charge in [0.2, 0.25) is 0 Å². The summed E-state index contributed by atoms with van der Waals surface area (Å²) in [7, 11) is 0. The van der Waals surface area contributed by atoms with E-state index in [1.165, 1.54) is 6.07 Å². The number of nitrogens with one attached hydrogen (secondary N) is 2. The summed E-state index contributed by atoms with van der Waals surface area (Å²) in [6.07, 6.45) is -0.659. The molecule has 0 bridgehead atoms. The van der Waals surface area contributed by atoms with Gasteiger partial charge in [0.25, 0.3) is 5.91 Å². The summed E-state index contributed by atoms with van der Waals surface area (Å²) >= 11 is 3.29. The van der Waals surface area contributed by atoms with Crippen LogP contribution in [-0.2, 0) is 0 Å². The molecule has 0 saturated carbocycles. The molecule has 2 N–H and O–H groups in total. The number of hydrogen-bond acceptors (Lipinski definition) is 3. The van der Waals surface area contributed by atoms with E-state index in [-0.39, 0.29) is 11.7 Å². The molecule has 0 unspecified atom stereocenters. The van der Waals surface area contributed by atoms with Crippen molar-refractivity contribution in [2.45, 2.75) is 12.8 Å². The lowest BCUT2D eigenvalue weighted by molar-refractivity contribution is -0.0506. The van der Waals surface area contributed by atoms with Crippen LogP contribution in [0.3, 0.4) is 0 Å². The second kappa shape index (κ2) is 5.92. The standard InChI is InChI=1S/C15H11BrF2N2O2/c16-8-5-6-12(22-15(17)18)10(7-8)13-19-11-4-2-1-3-9(11)14(21)20-13/h1-7,13,15,19H,(H,20,21)/t13-/m1/s1. The number of carbonyl (C=O) groups is 1. The van der Waals surface area contributed by atoms with Gasteiger partial charge in [0.15, 0.2) is 0 Å². The first kappa shape index (κ1) is 14.8. The maximum atomic E-state index is 12.5. The molecule has 0 fully saturated rings. The Balaban J connectivity index is 1.98. The van der Waals surface area contributed by atoms with Gasteiger partial charge < -0.3 is 15.4 Å². The van der Waals surface area contributed by atoms with E-state index in [9.17, 15) is 13.6 Å². The van der Waals surface area contributed by atoms with Crippen molar-refractivity contribution in [3.63, 3.8) is 0 Å². The first-order chi connectivity index (χ1) is 10.5. The van der Waals surface area contributed by atoms with Gasteiger partial charge in [-0.3, -0.25) is 4.79 Å². The Kier molecular flexibility index (Phi) is 3.98. The molecule has 1 aliphatic rings. The minimum atomic E-state index is -2.94. The molecule has 1 aliphatic heterocycles. The van der Waals surface area contributed by atoms with E-state index >= 15 is 0 Å².